The lowest BCUT2D eigenvalue weighted by atomic mass is 10.1. The van der Waals surface area contributed by atoms with Crippen LogP contribution in [0.5, 0.6) is 0 Å². The summed E-state index contributed by atoms with van der Waals surface area (Å²) in [6, 6.07) is 22.5. The Morgan fingerprint density at radius 2 is 1.46 bits per heavy atom. The van der Waals surface area contributed by atoms with Gasteiger partial charge in [-0.1, -0.05) is 59.9 Å². The van der Waals surface area contributed by atoms with E-state index in [1.165, 1.54) is 11.3 Å². The summed E-state index contributed by atoms with van der Waals surface area (Å²) in [6.07, 6.45) is -9.51. The first-order valence-corrected chi connectivity index (χ1v) is 16.1. The predicted octanol–water partition coefficient (Wildman–Crippen LogP) is 5.83. The van der Waals surface area contributed by atoms with Crippen LogP contribution in [0.15, 0.2) is 72.8 Å². The number of ketones is 2. The van der Waals surface area contributed by atoms with Gasteiger partial charge in [0.1, 0.15) is 4.88 Å². The molecule has 1 aromatic heterocycles. The van der Waals surface area contributed by atoms with E-state index in [9.17, 15) is 50.3 Å². The van der Waals surface area contributed by atoms with Crippen LogP contribution in [0.2, 0.25) is 0 Å². The highest BCUT2D eigenvalue weighted by molar-refractivity contribution is 7.18. The normalized spacial score (nSPS) is 12.5. The summed E-state index contributed by atoms with van der Waals surface area (Å²) in [5.74, 6) is -7.46. The van der Waals surface area contributed by atoms with Crippen molar-refractivity contribution in [3.63, 3.8) is 0 Å². The lowest BCUT2D eigenvalue weighted by molar-refractivity contribution is -0.193. The fourth-order valence-electron chi connectivity index (χ4n) is 4.27. The van der Waals surface area contributed by atoms with Gasteiger partial charge in [-0.15, -0.1) is 0 Å². The monoisotopic (exact) mass is 748 g/mol. The fourth-order valence-corrected chi connectivity index (χ4v) is 5.19. The number of nitrogens with zero attached hydrogens (tertiary/aromatic N) is 1. The molecular formula is C34H30F6N6O5S. The van der Waals surface area contributed by atoms with Gasteiger partial charge in [-0.3, -0.25) is 24.0 Å². The molecule has 3 aromatic carbocycles. The van der Waals surface area contributed by atoms with Crippen molar-refractivity contribution in [2.45, 2.75) is 44.7 Å². The molecule has 4 aromatic rings. The lowest BCUT2D eigenvalue weighted by Gasteiger charge is -2.10. The second-order valence-electron chi connectivity index (χ2n) is 11.3. The van der Waals surface area contributed by atoms with E-state index in [-0.39, 0.29) is 30.3 Å². The largest absolute Gasteiger partial charge is 0.458 e. The molecule has 52 heavy (non-hydrogen) atoms. The number of hydrogen-bond acceptors (Lipinski definition) is 9. The van der Waals surface area contributed by atoms with E-state index in [2.05, 4.69) is 21.3 Å². The van der Waals surface area contributed by atoms with E-state index in [0.29, 0.717) is 39.1 Å². The standard InChI is InChI=1S/C30H30N6O3S.C4F6O2/c1-18-7-8-21(28(38)34-23-13-14-23)15-24(18)35-30-36-26(20-9-11-22(12-10-20)33-25(37)16-31)27(40-30)29(39)32-17-19-5-3-2-4-6-19;5-3(6,7)1(11)2(12)4(8,9)10/h2-12,15,23H,13-14,16-17,31H2,1H3,(H,32,39)(H,33,37)(H,34,38)(H,35,36);. The van der Waals surface area contributed by atoms with Gasteiger partial charge in [-0.2, -0.15) is 26.3 Å². The third-order valence-corrected chi connectivity index (χ3v) is 8.10. The summed E-state index contributed by atoms with van der Waals surface area (Å²) in [7, 11) is 0. The summed E-state index contributed by atoms with van der Waals surface area (Å²) >= 11 is 1.23. The van der Waals surface area contributed by atoms with Crippen LogP contribution in [0.1, 0.15) is 44.0 Å². The van der Waals surface area contributed by atoms with Crippen LogP contribution in [0.4, 0.5) is 42.8 Å². The van der Waals surface area contributed by atoms with Crippen molar-refractivity contribution >= 4 is 57.1 Å². The van der Waals surface area contributed by atoms with Crippen molar-refractivity contribution in [2.75, 3.05) is 17.2 Å². The number of alkyl halides is 6. The number of rotatable bonds is 11. The first-order chi connectivity index (χ1) is 24.5. The first-order valence-electron chi connectivity index (χ1n) is 15.3. The van der Waals surface area contributed by atoms with Gasteiger partial charge in [0.15, 0.2) is 5.13 Å². The average Bonchev–Trinajstić information content (AvgIpc) is 3.82. The Morgan fingerprint density at radius 3 is 2.02 bits per heavy atom. The Balaban J connectivity index is 0.000000434. The topological polar surface area (TPSA) is 172 Å². The summed E-state index contributed by atoms with van der Waals surface area (Å²) in [5.41, 5.74) is 10.4. The summed E-state index contributed by atoms with van der Waals surface area (Å²) in [6.45, 7) is 2.21. The van der Waals surface area contributed by atoms with Crippen LogP contribution in [-0.2, 0) is 20.9 Å². The SMILES string of the molecule is Cc1ccc(C(=O)NC2CC2)cc1Nc1nc(-c2ccc(NC(=O)CN)cc2)c(C(=O)NCc2ccccc2)s1.O=C(C(=O)C(F)(F)F)C(F)(F)F. The van der Waals surface area contributed by atoms with Crippen LogP contribution in [0, 0.1) is 6.92 Å². The van der Waals surface area contributed by atoms with Gasteiger partial charge >= 0.3 is 23.9 Å². The number of Topliss-reactive ketones (excluding diaryl/α,β-unsaturated/α-hetero) is 2. The Kier molecular flexibility index (Phi) is 12.5. The van der Waals surface area contributed by atoms with Crippen LogP contribution in [0.25, 0.3) is 11.3 Å². The Labute approximate surface area is 296 Å². The zero-order valence-corrected chi connectivity index (χ0v) is 27.9. The van der Waals surface area contributed by atoms with Crippen molar-refractivity contribution in [3.8, 4) is 11.3 Å². The third kappa shape index (κ3) is 10.9. The molecule has 0 radical (unpaired) electrons. The number of nitrogens with two attached hydrogens (primary N) is 1. The Morgan fingerprint density at radius 1 is 0.846 bits per heavy atom. The van der Waals surface area contributed by atoms with Gasteiger partial charge in [-0.05, 0) is 55.2 Å². The maximum absolute atomic E-state index is 13.4. The molecule has 0 saturated heterocycles. The van der Waals surface area contributed by atoms with Crippen LogP contribution < -0.4 is 27.0 Å². The molecule has 1 aliphatic carbocycles. The second kappa shape index (κ2) is 16.6. The molecule has 1 saturated carbocycles. The Hall–Kier alpha value is -5.62. The van der Waals surface area contributed by atoms with Gasteiger partial charge in [0.2, 0.25) is 5.91 Å². The number of thiazole rings is 1. The summed E-state index contributed by atoms with van der Waals surface area (Å²) in [4.78, 5) is 62.1. The van der Waals surface area contributed by atoms with Crippen molar-refractivity contribution in [2.24, 2.45) is 5.73 Å². The van der Waals surface area contributed by atoms with Crippen LogP contribution in [-0.4, -0.2) is 59.2 Å². The number of carbonyl (C=O) groups is 5. The van der Waals surface area contributed by atoms with Gasteiger partial charge in [-0.25, -0.2) is 4.98 Å². The predicted molar refractivity (Wildman–Crippen MR) is 180 cm³/mol. The highest BCUT2D eigenvalue weighted by Crippen LogP contribution is 2.34. The molecule has 6 N–H and O–H groups in total. The third-order valence-electron chi connectivity index (χ3n) is 7.13. The number of hydrogen-bond donors (Lipinski definition) is 5. The number of nitrogens with one attached hydrogen (secondary N) is 4. The van der Waals surface area contributed by atoms with Gasteiger partial charge in [0.05, 0.1) is 12.2 Å². The molecule has 5 rings (SSSR count). The van der Waals surface area contributed by atoms with Crippen LogP contribution in [0.3, 0.4) is 0 Å². The van der Waals surface area contributed by atoms with E-state index < -0.39 is 23.9 Å². The molecule has 1 aliphatic rings. The quantitative estimate of drug-likeness (QED) is 0.0942. The zero-order chi connectivity index (χ0) is 38.2. The number of anilines is 3. The van der Waals surface area contributed by atoms with Crippen molar-refractivity contribution in [1.29, 1.82) is 0 Å². The molecule has 0 atom stereocenters. The average molecular weight is 749 g/mol. The van der Waals surface area contributed by atoms with E-state index >= 15 is 0 Å². The molecule has 1 heterocycles. The number of halogens is 6. The molecule has 0 aliphatic heterocycles. The molecule has 0 unspecified atom stereocenters. The highest BCUT2D eigenvalue weighted by atomic mass is 32.1. The van der Waals surface area contributed by atoms with Gasteiger partial charge in [0, 0.05) is 35.1 Å². The molecular weight excluding hydrogens is 718 g/mol. The Bertz CT molecular complexity index is 1920. The minimum absolute atomic E-state index is 0.104. The smallest absolute Gasteiger partial charge is 0.349 e. The van der Waals surface area contributed by atoms with Crippen molar-refractivity contribution in [3.05, 3.63) is 94.4 Å². The fraction of sp³-hybridized carbons (Fsp3) is 0.235. The number of benzene rings is 3. The summed E-state index contributed by atoms with van der Waals surface area (Å²) in [5, 5.41) is 12.5. The molecule has 274 valence electrons. The molecule has 1 fully saturated rings. The number of amides is 3. The summed E-state index contributed by atoms with van der Waals surface area (Å²) < 4.78 is 67.0. The van der Waals surface area contributed by atoms with E-state index in [1.807, 2.05) is 43.3 Å². The highest BCUT2D eigenvalue weighted by Gasteiger charge is 2.54. The number of aromatic nitrogens is 1. The van der Waals surface area contributed by atoms with Crippen molar-refractivity contribution < 1.29 is 50.3 Å². The van der Waals surface area contributed by atoms with E-state index in [1.54, 1.807) is 36.4 Å². The number of aryl methyl sites for hydroxylation is 1. The molecule has 0 bridgehead atoms. The molecule has 0 spiro atoms. The molecule has 3 amide bonds. The minimum Gasteiger partial charge on any atom is -0.349 e. The number of carbonyl (C=O) groups excluding carboxylic acids is 5. The van der Waals surface area contributed by atoms with Gasteiger partial charge in [0.25, 0.3) is 11.8 Å². The van der Waals surface area contributed by atoms with E-state index in [4.69, 9.17) is 10.7 Å². The maximum atomic E-state index is 13.4. The van der Waals surface area contributed by atoms with Crippen LogP contribution >= 0.6 is 11.3 Å². The zero-order valence-electron chi connectivity index (χ0n) is 27.1. The molecule has 18 heteroatoms. The first kappa shape index (κ1) is 39.2. The van der Waals surface area contributed by atoms with Crippen molar-refractivity contribution in [1.82, 2.24) is 15.6 Å². The maximum Gasteiger partial charge on any atom is 0.458 e. The van der Waals surface area contributed by atoms with Gasteiger partial charge < -0.3 is 27.0 Å². The molecule has 11 nitrogen and oxygen atoms in total. The minimum atomic E-state index is -5.77. The van der Waals surface area contributed by atoms with E-state index in [0.717, 1.165) is 29.7 Å². The second-order valence-corrected chi connectivity index (χ2v) is 12.2. The lowest BCUT2D eigenvalue weighted by Crippen LogP contribution is -2.39.